The lowest BCUT2D eigenvalue weighted by molar-refractivity contribution is -0.125. The van der Waals surface area contributed by atoms with Crippen LogP contribution in [0, 0.1) is 11.8 Å². The first kappa shape index (κ1) is 13.5. The van der Waals surface area contributed by atoms with Crippen LogP contribution in [0.1, 0.15) is 52.4 Å². The van der Waals surface area contributed by atoms with Crippen LogP contribution >= 0.6 is 0 Å². The number of carbonyl (C=O) groups is 1. The summed E-state index contributed by atoms with van der Waals surface area (Å²) in [6, 6.07) is 0.0709. The third-order valence-electron chi connectivity index (χ3n) is 3.43. The van der Waals surface area contributed by atoms with E-state index in [-0.39, 0.29) is 17.9 Å². The second-order valence-corrected chi connectivity index (χ2v) is 5.38. The van der Waals surface area contributed by atoms with Crippen LogP contribution in [0.4, 0.5) is 0 Å². The molecule has 1 saturated carbocycles. The Hall–Kier alpha value is -0.570. The molecule has 2 atom stereocenters. The molecular weight excluding hydrogens is 200 g/mol. The van der Waals surface area contributed by atoms with Crippen LogP contribution in [0.3, 0.4) is 0 Å². The van der Waals surface area contributed by atoms with Gasteiger partial charge in [-0.1, -0.05) is 33.1 Å². The van der Waals surface area contributed by atoms with Crippen molar-refractivity contribution in [1.29, 1.82) is 0 Å². The average Bonchev–Trinajstić information content (AvgIpc) is 2.42. The zero-order chi connectivity index (χ0) is 12.0. The number of hydrogen-bond donors (Lipinski definition) is 2. The number of nitrogens with two attached hydrogens (primary N) is 1. The minimum absolute atomic E-state index is 0.0506. The molecule has 1 rings (SSSR count). The van der Waals surface area contributed by atoms with Crippen LogP contribution in [0.25, 0.3) is 0 Å². The summed E-state index contributed by atoms with van der Waals surface area (Å²) in [6.07, 6.45) is 6.57. The Morgan fingerprint density at radius 3 is 2.69 bits per heavy atom. The fourth-order valence-electron chi connectivity index (χ4n) is 2.28. The van der Waals surface area contributed by atoms with E-state index in [2.05, 4.69) is 19.2 Å². The second-order valence-electron chi connectivity index (χ2n) is 5.38. The summed E-state index contributed by atoms with van der Waals surface area (Å²) in [7, 11) is 0. The molecule has 0 aromatic rings. The Morgan fingerprint density at radius 1 is 1.31 bits per heavy atom. The lowest BCUT2D eigenvalue weighted by Crippen LogP contribution is -2.41. The number of amides is 1. The molecule has 0 heterocycles. The molecule has 1 aliphatic rings. The van der Waals surface area contributed by atoms with Crippen LogP contribution in [-0.2, 0) is 4.79 Å². The standard InChI is InChI=1S/C13H26N2O/c1-10(2)8-9-15-13(16)11-6-4-3-5-7-12(11)14/h10-12H,3-9,14H2,1-2H3,(H,15,16). The van der Waals surface area contributed by atoms with Crippen molar-refractivity contribution in [2.24, 2.45) is 17.6 Å². The molecule has 3 heteroatoms. The summed E-state index contributed by atoms with van der Waals surface area (Å²) in [5.74, 6) is 0.868. The van der Waals surface area contributed by atoms with Crippen LogP contribution in [-0.4, -0.2) is 18.5 Å². The minimum Gasteiger partial charge on any atom is -0.356 e. The number of nitrogens with one attached hydrogen (secondary N) is 1. The van der Waals surface area contributed by atoms with E-state index >= 15 is 0 Å². The highest BCUT2D eigenvalue weighted by Crippen LogP contribution is 2.22. The summed E-state index contributed by atoms with van der Waals surface area (Å²) in [6.45, 7) is 5.13. The van der Waals surface area contributed by atoms with Crippen molar-refractivity contribution in [3.05, 3.63) is 0 Å². The Labute approximate surface area is 99.2 Å². The molecule has 94 valence electrons. The molecule has 16 heavy (non-hydrogen) atoms. The number of rotatable bonds is 4. The quantitative estimate of drug-likeness (QED) is 0.721. The lowest BCUT2D eigenvalue weighted by Gasteiger charge is -2.20. The van der Waals surface area contributed by atoms with E-state index in [0.717, 1.165) is 32.2 Å². The van der Waals surface area contributed by atoms with Gasteiger partial charge in [0.1, 0.15) is 0 Å². The van der Waals surface area contributed by atoms with E-state index in [1.165, 1.54) is 12.8 Å². The maximum absolute atomic E-state index is 12.0. The summed E-state index contributed by atoms with van der Waals surface area (Å²) < 4.78 is 0. The average molecular weight is 226 g/mol. The van der Waals surface area contributed by atoms with E-state index in [9.17, 15) is 4.79 Å². The zero-order valence-electron chi connectivity index (χ0n) is 10.7. The fraction of sp³-hybridized carbons (Fsp3) is 0.923. The molecule has 0 aliphatic heterocycles. The van der Waals surface area contributed by atoms with Crippen LogP contribution in [0.15, 0.2) is 0 Å². The molecule has 0 radical (unpaired) electrons. The normalized spacial score (nSPS) is 26.5. The monoisotopic (exact) mass is 226 g/mol. The van der Waals surface area contributed by atoms with Gasteiger partial charge in [-0.15, -0.1) is 0 Å². The SMILES string of the molecule is CC(C)CCNC(=O)C1CCCCCC1N. The topological polar surface area (TPSA) is 55.1 Å². The van der Waals surface area contributed by atoms with Gasteiger partial charge in [0.2, 0.25) is 5.91 Å². The highest BCUT2D eigenvalue weighted by Gasteiger charge is 2.26. The van der Waals surface area contributed by atoms with E-state index in [1.54, 1.807) is 0 Å². The van der Waals surface area contributed by atoms with Gasteiger partial charge in [0.25, 0.3) is 0 Å². The molecule has 0 saturated heterocycles. The van der Waals surface area contributed by atoms with Crippen LogP contribution in [0.2, 0.25) is 0 Å². The predicted molar refractivity (Wildman–Crippen MR) is 67.0 cm³/mol. The highest BCUT2D eigenvalue weighted by molar-refractivity contribution is 5.79. The van der Waals surface area contributed by atoms with Gasteiger partial charge in [0, 0.05) is 12.6 Å². The van der Waals surface area contributed by atoms with Crippen LogP contribution in [0.5, 0.6) is 0 Å². The Balaban J connectivity index is 2.33. The highest BCUT2D eigenvalue weighted by atomic mass is 16.1. The van der Waals surface area contributed by atoms with Crippen molar-refractivity contribution < 1.29 is 4.79 Å². The molecule has 1 amide bonds. The molecule has 0 aromatic heterocycles. The second kappa shape index (κ2) is 6.89. The molecule has 0 aromatic carbocycles. The first-order chi connectivity index (χ1) is 7.61. The molecule has 0 spiro atoms. The van der Waals surface area contributed by atoms with Gasteiger partial charge in [0.15, 0.2) is 0 Å². The van der Waals surface area contributed by atoms with E-state index in [1.807, 2.05) is 0 Å². The van der Waals surface area contributed by atoms with E-state index in [4.69, 9.17) is 5.73 Å². The Morgan fingerprint density at radius 2 is 2.00 bits per heavy atom. The first-order valence-corrected chi connectivity index (χ1v) is 6.64. The lowest BCUT2D eigenvalue weighted by atomic mass is 9.94. The maximum Gasteiger partial charge on any atom is 0.224 e. The Kier molecular flexibility index (Phi) is 5.81. The molecular formula is C13H26N2O. The van der Waals surface area contributed by atoms with Gasteiger partial charge in [-0.25, -0.2) is 0 Å². The molecule has 0 bridgehead atoms. The van der Waals surface area contributed by atoms with Crippen molar-refractivity contribution >= 4 is 5.91 Å². The summed E-state index contributed by atoms with van der Waals surface area (Å²) in [4.78, 5) is 12.0. The number of hydrogen-bond acceptors (Lipinski definition) is 2. The van der Waals surface area contributed by atoms with Gasteiger partial charge >= 0.3 is 0 Å². The first-order valence-electron chi connectivity index (χ1n) is 6.64. The largest absolute Gasteiger partial charge is 0.356 e. The Bertz CT molecular complexity index is 216. The van der Waals surface area contributed by atoms with Crippen molar-refractivity contribution in [2.45, 2.75) is 58.4 Å². The molecule has 3 nitrogen and oxygen atoms in total. The van der Waals surface area contributed by atoms with E-state index < -0.39 is 0 Å². The minimum atomic E-state index is 0.0506. The third-order valence-corrected chi connectivity index (χ3v) is 3.43. The number of carbonyl (C=O) groups excluding carboxylic acids is 1. The molecule has 1 fully saturated rings. The van der Waals surface area contributed by atoms with Crippen molar-refractivity contribution in [3.63, 3.8) is 0 Å². The predicted octanol–water partition coefficient (Wildman–Crippen LogP) is 2.06. The van der Waals surface area contributed by atoms with Gasteiger partial charge < -0.3 is 11.1 Å². The summed E-state index contributed by atoms with van der Waals surface area (Å²) in [5.41, 5.74) is 6.05. The third kappa shape index (κ3) is 4.52. The fourth-order valence-corrected chi connectivity index (χ4v) is 2.28. The molecule has 1 aliphatic carbocycles. The van der Waals surface area contributed by atoms with Crippen molar-refractivity contribution in [3.8, 4) is 0 Å². The summed E-state index contributed by atoms with van der Waals surface area (Å²) in [5, 5.41) is 3.02. The zero-order valence-corrected chi connectivity index (χ0v) is 10.7. The molecule has 3 N–H and O–H groups in total. The van der Waals surface area contributed by atoms with Gasteiger partial charge in [-0.05, 0) is 25.2 Å². The molecule has 2 unspecified atom stereocenters. The van der Waals surface area contributed by atoms with Crippen molar-refractivity contribution in [2.75, 3.05) is 6.54 Å². The maximum atomic E-state index is 12.0. The van der Waals surface area contributed by atoms with Gasteiger partial charge in [-0.2, -0.15) is 0 Å². The van der Waals surface area contributed by atoms with E-state index in [0.29, 0.717) is 5.92 Å². The van der Waals surface area contributed by atoms with Gasteiger partial charge in [-0.3, -0.25) is 4.79 Å². The smallest absolute Gasteiger partial charge is 0.224 e. The summed E-state index contributed by atoms with van der Waals surface area (Å²) >= 11 is 0. The van der Waals surface area contributed by atoms with Gasteiger partial charge in [0.05, 0.1) is 5.92 Å². The van der Waals surface area contributed by atoms with Crippen molar-refractivity contribution in [1.82, 2.24) is 5.32 Å². The van der Waals surface area contributed by atoms with Crippen LogP contribution < -0.4 is 11.1 Å².